The van der Waals surface area contributed by atoms with Crippen molar-refractivity contribution in [3.05, 3.63) is 64.0 Å². The highest BCUT2D eigenvalue weighted by Crippen LogP contribution is 2.39. The van der Waals surface area contributed by atoms with Gasteiger partial charge >= 0.3 is 5.97 Å². The first kappa shape index (κ1) is 30.7. The number of carboxylic acid groups (broad SMARTS) is 1. The number of carboxylic acids is 1. The van der Waals surface area contributed by atoms with Crippen molar-refractivity contribution >= 4 is 34.4 Å². The highest BCUT2D eigenvalue weighted by Gasteiger charge is 2.18. The van der Waals surface area contributed by atoms with Crippen LogP contribution in [0.5, 0.6) is 11.5 Å². The van der Waals surface area contributed by atoms with Gasteiger partial charge in [-0.05, 0) is 43.7 Å². The van der Waals surface area contributed by atoms with Gasteiger partial charge in [0.1, 0.15) is 11.6 Å². The number of carbonyl (C=O) groups excluding carboxylic acids is 1. The average molecular weight is 573 g/mol. The second-order valence-electron chi connectivity index (χ2n) is 9.28. The molecule has 0 aliphatic rings. The summed E-state index contributed by atoms with van der Waals surface area (Å²) < 4.78 is 40.6. The maximum atomic E-state index is 14.5. The van der Waals surface area contributed by atoms with Crippen LogP contribution in [-0.4, -0.2) is 35.7 Å². The number of unbranched alkanes of at least 4 members (excludes halogenated alkanes) is 6. The standard InChI is InChI=1S/C30H34F2N2O5S/c1-4-5-6-7-8-9-10-14-39-26-13-11-12-21(27(26)38-3)25-18-40-30(33-25)34-28(35)20-16-23(31)22(24(32)17-20)15-19(2)29(36)37/h11-13,15-18H,4-10,14H2,1-3H3,(H,36,37)(H,33,34,35). The van der Waals surface area contributed by atoms with E-state index in [2.05, 4.69) is 17.2 Å². The molecule has 0 saturated heterocycles. The molecule has 0 spiro atoms. The maximum absolute atomic E-state index is 14.5. The van der Waals surface area contributed by atoms with Crippen LogP contribution in [0.2, 0.25) is 0 Å². The number of hydrogen-bond donors (Lipinski definition) is 2. The topological polar surface area (TPSA) is 97.8 Å². The summed E-state index contributed by atoms with van der Waals surface area (Å²) in [5, 5.41) is 13.5. The molecule has 40 heavy (non-hydrogen) atoms. The van der Waals surface area contributed by atoms with Crippen LogP contribution in [0.25, 0.3) is 17.3 Å². The van der Waals surface area contributed by atoms with Crippen LogP contribution in [0.4, 0.5) is 13.9 Å². The summed E-state index contributed by atoms with van der Waals surface area (Å²) in [5.74, 6) is -3.04. The van der Waals surface area contributed by atoms with Crippen molar-refractivity contribution in [1.29, 1.82) is 0 Å². The summed E-state index contributed by atoms with van der Waals surface area (Å²) in [6.45, 7) is 3.99. The first-order valence-corrected chi connectivity index (χ1v) is 14.1. The van der Waals surface area contributed by atoms with Crippen molar-refractivity contribution in [2.75, 3.05) is 19.0 Å². The molecule has 0 bridgehead atoms. The zero-order valence-corrected chi connectivity index (χ0v) is 23.7. The van der Waals surface area contributed by atoms with Gasteiger partial charge in [-0.15, -0.1) is 11.3 Å². The molecule has 1 heterocycles. The van der Waals surface area contributed by atoms with Gasteiger partial charge in [0.05, 0.1) is 19.4 Å². The summed E-state index contributed by atoms with van der Waals surface area (Å²) in [4.78, 5) is 28.1. The number of ether oxygens (including phenoxy) is 2. The van der Waals surface area contributed by atoms with E-state index >= 15 is 0 Å². The summed E-state index contributed by atoms with van der Waals surface area (Å²) in [6, 6.07) is 7.20. The van der Waals surface area contributed by atoms with Crippen LogP contribution < -0.4 is 14.8 Å². The van der Waals surface area contributed by atoms with Gasteiger partial charge < -0.3 is 14.6 Å². The van der Waals surface area contributed by atoms with E-state index in [1.54, 1.807) is 12.5 Å². The molecule has 10 heteroatoms. The first-order valence-electron chi connectivity index (χ1n) is 13.2. The number of para-hydroxylation sites is 1. The number of aromatic nitrogens is 1. The van der Waals surface area contributed by atoms with Crippen LogP contribution in [0.3, 0.4) is 0 Å². The van der Waals surface area contributed by atoms with E-state index in [0.29, 0.717) is 29.4 Å². The fourth-order valence-electron chi connectivity index (χ4n) is 4.04. The molecule has 2 N–H and O–H groups in total. The van der Waals surface area contributed by atoms with E-state index in [1.807, 2.05) is 18.2 Å². The Morgan fingerprint density at radius 2 is 1.75 bits per heavy atom. The Bertz CT molecular complexity index is 1330. The number of halogens is 2. The lowest BCUT2D eigenvalue weighted by atomic mass is 10.1. The largest absolute Gasteiger partial charge is 0.492 e. The highest BCUT2D eigenvalue weighted by molar-refractivity contribution is 7.14. The molecular weight excluding hydrogens is 538 g/mol. The average Bonchev–Trinajstić information content (AvgIpc) is 3.39. The van der Waals surface area contributed by atoms with Crippen molar-refractivity contribution in [2.45, 2.75) is 58.8 Å². The Hall–Kier alpha value is -3.79. The molecule has 3 rings (SSSR count). The van der Waals surface area contributed by atoms with E-state index in [1.165, 1.54) is 39.0 Å². The molecule has 0 aliphatic heterocycles. The van der Waals surface area contributed by atoms with Crippen molar-refractivity contribution in [3.63, 3.8) is 0 Å². The molecule has 0 atom stereocenters. The zero-order valence-electron chi connectivity index (χ0n) is 22.9. The number of anilines is 1. The fraction of sp³-hybridized carbons (Fsp3) is 0.367. The van der Waals surface area contributed by atoms with Crippen LogP contribution >= 0.6 is 11.3 Å². The van der Waals surface area contributed by atoms with Gasteiger partial charge in [-0.3, -0.25) is 10.1 Å². The number of rotatable bonds is 15. The number of carbonyl (C=O) groups is 2. The van der Waals surface area contributed by atoms with Crippen LogP contribution in [-0.2, 0) is 4.79 Å². The summed E-state index contributed by atoms with van der Waals surface area (Å²) in [5.41, 5.74) is 0.177. The molecule has 0 unspecified atom stereocenters. The lowest BCUT2D eigenvalue weighted by molar-refractivity contribution is -0.132. The van der Waals surface area contributed by atoms with Crippen molar-refractivity contribution < 1.29 is 33.0 Å². The van der Waals surface area contributed by atoms with Gasteiger partial charge in [-0.2, -0.15) is 0 Å². The van der Waals surface area contributed by atoms with Crippen LogP contribution in [0.1, 0.15) is 74.7 Å². The van der Waals surface area contributed by atoms with E-state index in [0.717, 1.165) is 42.4 Å². The molecule has 7 nitrogen and oxygen atoms in total. The first-order chi connectivity index (χ1) is 19.2. The number of hydrogen-bond acceptors (Lipinski definition) is 6. The number of benzene rings is 2. The maximum Gasteiger partial charge on any atom is 0.331 e. The molecule has 0 saturated carbocycles. The third-order valence-electron chi connectivity index (χ3n) is 6.23. The predicted molar refractivity (Wildman–Crippen MR) is 153 cm³/mol. The van der Waals surface area contributed by atoms with Crippen LogP contribution in [0.15, 0.2) is 41.3 Å². The molecule has 0 radical (unpaired) electrons. The van der Waals surface area contributed by atoms with E-state index in [9.17, 15) is 18.4 Å². The monoisotopic (exact) mass is 572 g/mol. The Kier molecular flexibility index (Phi) is 11.6. The second kappa shape index (κ2) is 15.1. The van der Waals surface area contributed by atoms with Gasteiger partial charge in [-0.25, -0.2) is 18.6 Å². The molecule has 2 aromatic carbocycles. The molecule has 0 fully saturated rings. The number of nitrogens with one attached hydrogen (secondary N) is 1. The minimum Gasteiger partial charge on any atom is -0.492 e. The Balaban J connectivity index is 1.67. The van der Waals surface area contributed by atoms with Gasteiger partial charge in [0.15, 0.2) is 16.6 Å². The summed E-state index contributed by atoms with van der Waals surface area (Å²) >= 11 is 1.15. The second-order valence-corrected chi connectivity index (χ2v) is 10.1. The third kappa shape index (κ3) is 8.35. The quantitative estimate of drug-likeness (QED) is 0.142. The normalized spacial score (nSPS) is 11.4. The predicted octanol–water partition coefficient (Wildman–Crippen LogP) is 7.97. The Morgan fingerprint density at radius 1 is 1.07 bits per heavy atom. The lowest BCUT2D eigenvalue weighted by Gasteiger charge is -2.13. The van der Waals surface area contributed by atoms with Crippen molar-refractivity contribution in [3.8, 4) is 22.8 Å². The van der Waals surface area contributed by atoms with Gasteiger partial charge in [0, 0.05) is 27.6 Å². The number of nitrogens with zero attached hydrogens (tertiary/aromatic N) is 1. The number of methoxy groups -OCH3 is 1. The number of thiazole rings is 1. The fourth-order valence-corrected chi connectivity index (χ4v) is 4.74. The minimum absolute atomic E-state index is 0.225. The molecule has 0 aliphatic carbocycles. The van der Waals surface area contributed by atoms with Crippen molar-refractivity contribution in [2.24, 2.45) is 0 Å². The SMILES string of the molecule is CCCCCCCCCOc1cccc(-c2csc(NC(=O)c3cc(F)c(C=C(C)C(=O)O)c(F)c3)n2)c1OC. The van der Waals surface area contributed by atoms with Gasteiger partial charge in [0.25, 0.3) is 5.91 Å². The summed E-state index contributed by atoms with van der Waals surface area (Å²) in [7, 11) is 1.55. The lowest BCUT2D eigenvalue weighted by Crippen LogP contribution is -2.13. The van der Waals surface area contributed by atoms with Gasteiger partial charge in [-0.1, -0.05) is 51.5 Å². The number of amides is 1. The summed E-state index contributed by atoms with van der Waals surface area (Å²) in [6.07, 6.45) is 9.15. The Labute approximate surface area is 236 Å². The molecular formula is C30H34F2N2O5S. The smallest absolute Gasteiger partial charge is 0.331 e. The number of aliphatic carboxylic acids is 1. The molecule has 1 amide bonds. The van der Waals surface area contributed by atoms with E-state index in [4.69, 9.17) is 14.6 Å². The van der Waals surface area contributed by atoms with E-state index in [-0.39, 0.29) is 16.3 Å². The Morgan fingerprint density at radius 3 is 2.40 bits per heavy atom. The third-order valence-corrected chi connectivity index (χ3v) is 6.99. The van der Waals surface area contributed by atoms with E-state index < -0.39 is 29.1 Å². The molecule has 1 aromatic heterocycles. The van der Waals surface area contributed by atoms with Crippen molar-refractivity contribution in [1.82, 2.24) is 4.98 Å². The molecule has 214 valence electrons. The van der Waals surface area contributed by atoms with Crippen LogP contribution in [0, 0.1) is 11.6 Å². The molecule has 3 aromatic rings. The zero-order chi connectivity index (χ0) is 29.1. The van der Waals surface area contributed by atoms with Gasteiger partial charge in [0.2, 0.25) is 0 Å². The highest BCUT2D eigenvalue weighted by atomic mass is 32.1. The minimum atomic E-state index is -1.30.